The van der Waals surface area contributed by atoms with Gasteiger partial charge in [-0.25, -0.2) is 4.98 Å². The normalized spacial score (nSPS) is 19.1. The van der Waals surface area contributed by atoms with E-state index in [-0.39, 0.29) is 30.6 Å². The monoisotopic (exact) mass is 387 g/mol. The van der Waals surface area contributed by atoms with Gasteiger partial charge in [0.15, 0.2) is 0 Å². The summed E-state index contributed by atoms with van der Waals surface area (Å²) >= 11 is 0. The van der Waals surface area contributed by atoms with Crippen molar-refractivity contribution >= 4 is 22.6 Å². The van der Waals surface area contributed by atoms with Crippen LogP contribution in [0.4, 0.5) is 0 Å². The largest absolute Gasteiger partial charge is 0.490 e. The Labute approximate surface area is 163 Å². The van der Waals surface area contributed by atoms with Crippen molar-refractivity contribution in [2.75, 3.05) is 20.3 Å². The smallest absolute Gasteiger partial charge is 0.252 e. The lowest BCUT2D eigenvalue weighted by atomic mass is 10.1. The summed E-state index contributed by atoms with van der Waals surface area (Å²) < 4.78 is 16.7. The maximum atomic E-state index is 11.9. The van der Waals surface area contributed by atoms with Crippen LogP contribution in [0.5, 0.6) is 11.6 Å². The molecule has 3 rings (SSSR count). The Morgan fingerprint density at radius 1 is 1.36 bits per heavy atom. The predicted octanol–water partition coefficient (Wildman–Crippen LogP) is 1.65. The lowest BCUT2D eigenvalue weighted by molar-refractivity contribution is -0.123. The van der Waals surface area contributed by atoms with E-state index in [1.165, 1.54) is 0 Å². The van der Waals surface area contributed by atoms with E-state index in [4.69, 9.17) is 19.9 Å². The molecule has 2 aromatic rings. The maximum absolute atomic E-state index is 11.9. The number of fused-ring (bicyclic) bond motifs is 1. The second kappa shape index (κ2) is 8.43. The van der Waals surface area contributed by atoms with Gasteiger partial charge in [0.25, 0.3) is 5.91 Å². The van der Waals surface area contributed by atoms with Gasteiger partial charge in [-0.05, 0) is 43.9 Å². The summed E-state index contributed by atoms with van der Waals surface area (Å²) in [6.07, 6.45) is 2.13. The Morgan fingerprint density at radius 2 is 2.14 bits per heavy atom. The van der Waals surface area contributed by atoms with Gasteiger partial charge in [0.2, 0.25) is 11.8 Å². The number of carbonyl (C=O) groups is 2. The number of methoxy groups -OCH3 is 1. The van der Waals surface area contributed by atoms with Crippen molar-refractivity contribution in [2.24, 2.45) is 11.7 Å². The topological polar surface area (TPSA) is 113 Å². The molecule has 2 unspecified atom stereocenters. The van der Waals surface area contributed by atoms with Crippen LogP contribution in [0, 0.1) is 5.92 Å². The zero-order valence-electron chi connectivity index (χ0n) is 16.2. The van der Waals surface area contributed by atoms with Crippen molar-refractivity contribution < 1.29 is 23.8 Å². The molecule has 2 atom stereocenters. The van der Waals surface area contributed by atoms with Crippen LogP contribution < -0.4 is 20.5 Å². The molecule has 0 radical (unpaired) electrons. The quantitative estimate of drug-likeness (QED) is 0.712. The van der Waals surface area contributed by atoms with E-state index < -0.39 is 5.91 Å². The van der Waals surface area contributed by atoms with E-state index in [2.05, 4.69) is 10.3 Å². The Bertz CT molecular complexity index is 884. The number of ether oxygens (including phenoxy) is 3. The molecule has 8 heteroatoms. The molecule has 1 fully saturated rings. The minimum Gasteiger partial charge on any atom is -0.490 e. The summed E-state index contributed by atoms with van der Waals surface area (Å²) in [4.78, 5) is 28.0. The van der Waals surface area contributed by atoms with Gasteiger partial charge in [-0.15, -0.1) is 0 Å². The molecule has 3 N–H and O–H groups in total. The van der Waals surface area contributed by atoms with Crippen molar-refractivity contribution in [3.63, 3.8) is 0 Å². The highest BCUT2D eigenvalue weighted by Gasteiger charge is 2.32. The van der Waals surface area contributed by atoms with Crippen LogP contribution in [0.2, 0.25) is 0 Å². The minimum absolute atomic E-state index is 0.0277. The maximum Gasteiger partial charge on any atom is 0.252 e. The van der Waals surface area contributed by atoms with Crippen LogP contribution >= 0.6 is 0 Å². The number of carbonyl (C=O) groups excluding carboxylic acids is 2. The number of benzene rings is 1. The summed E-state index contributed by atoms with van der Waals surface area (Å²) in [5, 5.41) is 4.39. The van der Waals surface area contributed by atoms with E-state index in [1.54, 1.807) is 31.5 Å². The number of aromatic nitrogens is 1. The van der Waals surface area contributed by atoms with Crippen LogP contribution in [0.1, 0.15) is 30.6 Å². The summed E-state index contributed by atoms with van der Waals surface area (Å²) in [7, 11) is 1.58. The molecule has 0 spiro atoms. The van der Waals surface area contributed by atoms with E-state index in [0.717, 1.165) is 5.39 Å². The molecule has 0 saturated carbocycles. The van der Waals surface area contributed by atoms with Gasteiger partial charge in [0.05, 0.1) is 30.2 Å². The number of rotatable bonds is 8. The number of hydrogen-bond acceptors (Lipinski definition) is 6. The molecule has 1 saturated heterocycles. The average molecular weight is 387 g/mol. The number of amides is 2. The SMILES string of the molecule is COCC1CC(COc2nccc3cc(C(N)=O)c(OC(C)C)cc23)NC1=O. The lowest BCUT2D eigenvalue weighted by Crippen LogP contribution is -2.31. The first-order valence-corrected chi connectivity index (χ1v) is 9.20. The Morgan fingerprint density at radius 3 is 2.82 bits per heavy atom. The van der Waals surface area contributed by atoms with Gasteiger partial charge in [0, 0.05) is 18.7 Å². The van der Waals surface area contributed by atoms with Gasteiger partial charge in [-0.3, -0.25) is 9.59 Å². The van der Waals surface area contributed by atoms with E-state index in [0.29, 0.717) is 35.6 Å². The molecule has 0 aliphatic carbocycles. The summed E-state index contributed by atoms with van der Waals surface area (Å²) in [6, 6.07) is 5.06. The molecule has 1 aromatic carbocycles. The fraction of sp³-hybridized carbons (Fsp3) is 0.450. The van der Waals surface area contributed by atoms with Crippen LogP contribution in [-0.4, -0.2) is 49.3 Å². The second-order valence-electron chi connectivity index (χ2n) is 7.12. The Kier molecular flexibility index (Phi) is 5.99. The molecular weight excluding hydrogens is 362 g/mol. The van der Waals surface area contributed by atoms with E-state index in [1.807, 2.05) is 13.8 Å². The minimum atomic E-state index is -0.560. The Hall–Kier alpha value is -2.87. The number of hydrogen-bond donors (Lipinski definition) is 2. The molecule has 28 heavy (non-hydrogen) atoms. The number of nitrogens with zero attached hydrogens (tertiary/aromatic N) is 1. The van der Waals surface area contributed by atoms with Gasteiger partial charge in [-0.2, -0.15) is 0 Å². The average Bonchev–Trinajstić information content (AvgIpc) is 2.99. The molecule has 2 amide bonds. The summed E-state index contributed by atoms with van der Waals surface area (Å²) in [6.45, 7) is 4.42. The van der Waals surface area contributed by atoms with Crippen LogP contribution in [0.15, 0.2) is 24.4 Å². The third-order valence-corrected chi connectivity index (χ3v) is 4.53. The first-order valence-electron chi connectivity index (χ1n) is 9.20. The first kappa shape index (κ1) is 19.9. The van der Waals surface area contributed by atoms with Gasteiger partial charge in [0.1, 0.15) is 12.4 Å². The zero-order chi connectivity index (χ0) is 20.3. The summed E-state index contributed by atoms with van der Waals surface area (Å²) in [5.74, 6) is 0.0479. The Balaban J connectivity index is 1.83. The highest BCUT2D eigenvalue weighted by molar-refractivity contribution is 6.01. The van der Waals surface area contributed by atoms with E-state index in [9.17, 15) is 9.59 Å². The molecule has 8 nitrogen and oxygen atoms in total. The molecule has 1 aliphatic heterocycles. The van der Waals surface area contributed by atoms with Crippen LogP contribution in [0.25, 0.3) is 10.8 Å². The molecule has 2 heterocycles. The van der Waals surface area contributed by atoms with Crippen molar-refractivity contribution in [2.45, 2.75) is 32.4 Å². The highest BCUT2D eigenvalue weighted by Crippen LogP contribution is 2.31. The highest BCUT2D eigenvalue weighted by atomic mass is 16.5. The number of pyridine rings is 1. The van der Waals surface area contributed by atoms with Crippen molar-refractivity contribution in [3.8, 4) is 11.6 Å². The summed E-state index contributed by atoms with van der Waals surface area (Å²) in [5.41, 5.74) is 5.80. The zero-order valence-corrected chi connectivity index (χ0v) is 16.2. The van der Waals surface area contributed by atoms with Crippen molar-refractivity contribution in [1.29, 1.82) is 0 Å². The predicted molar refractivity (Wildman–Crippen MR) is 103 cm³/mol. The van der Waals surface area contributed by atoms with Crippen LogP contribution in [-0.2, 0) is 9.53 Å². The second-order valence-corrected chi connectivity index (χ2v) is 7.12. The number of nitrogens with one attached hydrogen (secondary N) is 1. The third-order valence-electron chi connectivity index (χ3n) is 4.53. The molecule has 150 valence electrons. The van der Waals surface area contributed by atoms with Gasteiger partial charge < -0.3 is 25.3 Å². The van der Waals surface area contributed by atoms with Crippen LogP contribution in [0.3, 0.4) is 0 Å². The molecular formula is C20H25N3O5. The fourth-order valence-electron chi connectivity index (χ4n) is 3.30. The van der Waals surface area contributed by atoms with Gasteiger partial charge in [-0.1, -0.05) is 0 Å². The molecule has 0 bridgehead atoms. The number of primary amides is 1. The third kappa shape index (κ3) is 4.33. The molecule has 1 aliphatic rings. The van der Waals surface area contributed by atoms with E-state index >= 15 is 0 Å². The lowest BCUT2D eigenvalue weighted by Gasteiger charge is -2.16. The van der Waals surface area contributed by atoms with Crippen molar-refractivity contribution in [1.82, 2.24) is 10.3 Å². The van der Waals surface area contributed by atoms with Crippen molar-refractivity contribution in [3.05, 3.63) is 30.0 Å². The number of nitrogens with two attached hydrogens (primary N) is 1. The first-order chi connectivity index (χ1) is 13.4. The van der Waals surface area contributed by atoms with Gasteiger partial charge >= 0.3 is 0 Å². The fourth-order valence-corrected chi connectivity index (χ4v) is 3.30. The standard InChI is InChI=1S/C20H25N3O5/c1-11(2)28-17-8-15-12(7-16(17)18(21)24)4-5-22-20(15)27-10-14-6-13(9-26-3)19(25)23-14/h4-5,7-8,11,13-14H,6,9-10H2,1-3H3,(H2,21,24)(H,23,25). The molecule has 1 aromatic heterocycles.